The van der Waals surface area contributed by atoms with Crippen LogP contribution in [-0.4, -0.2) is 57.4 Å². The van der Waals surface area contributed by atoms with E-state index in [0.717, 1.165) is 44.3 Å². The summed E-state index contributed by atoms with van der Waals surface area (Å²) in [5, 5.41) is 0. The molecule has 1 aromatic carbocycles. The minimum Gasteiger partial charge on any atom is -0.465 e. The number of methoxy groups -OCH3 is 3. The van der Waals surface area contributed by atoms with Crippen LogP contribution in [0, 0.1) is 21.2 Å². The summed E-state index contributed by atoms with van der Waals surface area (Å²) in [7, 11) is 3.95. The van der Waals surface area contributed by atoms with Crippen LogP contribution in [0.4, 0.5) is 23.2 Å². The van der Waals surface area contributed by atoms with Crippen molar-refractivity contribution in [3.05, 3.63) is 44.9 Å². The second-order valence-electron chi connectivity index (χ2n) is 9.63. The first kappa shape index (κ1) is 32.0. The van der Waals surface area contributed by atoms with Gasteiger partial charge in [0, 0.05) is 42.0 Å². The lowest BCUT2D eigenvalue weighted by Crippen LogP contribution is -2.49. The SMILES string of the molecule is COCC(COC)N(C(=O)C1CCC(C)CC1)c1cc(F)c(Oc2ncc(I)cc2C(F)(F)F)cc1C(=O)OC. The number of aromatic nitrogens is 1. The Morgan fingerprint density at radius 3 is 2.25 bits per heavy atom. The number of amides is 1. The van der Waals surface area contributed by atoms with Crippen LogP contribution in [0.25, 0.3) is 0 Å². The molecule has 8 nitrogen and oxygen atoms in total. The monoisotopic (exact) mass is 682 g/mol. The van der Waals surface area contributed by atoms with Gasteiger partial charge in [-0.3, -0.25) is 4.79 Å². The van der Waals surface area contributed by atoms with Crippen molar-refractivity contribution in [3.8, 4) is 11.6 Å². The van der Waals surface area contributed by atoms with Gasteiger partial charge in [0.25, 0.3) is 0 Å². The van der Waals surface area contributed by atoms with Gasteiger partial charge in [-0.25, -0.2) is 14.2 Å². The summed E-state index contributed by atoms with van der Waals surface area (Å²) < 4.78 is 77.4. The van der Waals surface area contributed by atoms with Gasteiger partial charge in [0.2, 0.25) is 11.8 Å². The lowest BCUT2D eigenvalue weighted by atomic mass is 9.82. The maximum atomic E-state index is 15.6. The van der Waals surface area contributed by atoms with E-state index < -0.39 is 41.2 Å². The van der Waals surface area contributed by atoms with Crippen LogP contribution in [-0.2, 0) is 25.2 Å². The van der Waals surface area contributed by atoms with Gasteiger partial charge < -0.3 is 23.8 Å². The van der Waals surface area contributed by atoms with Gasteiger partial charge in [-0.15, -0.1) is 0 Å². The molecule has 1 amide bonds. The van der Waals surface area contributed by atoms with Gasteiger partial charge in [-0.2, -0.15) is 13.2 Å². The summed E-state index contributed by atoms with van der Waals surface area (Å²) in [6, 6.07) is 1.85. The number of nitrogens with zero attached hydrogens (tertiary/aromatic N) is 2. The summed E-state index contributed by atoms with van der Waals surface area (Å²) in [6.45, 7) is 2.11. The van der Waals surface area contributed by atoms with Crippen LogP contribution in [0.5, 0.6) is 11.6 Å². The van der Waals surface area contributed by atoms with E-state index in [2.05, 4.69) is 11.9 Å². The Morgan fingerprint density at radius 1 is 1.07 bits per heavy atom. The normalized spacial score (nSPS) is 17.6. The lowest BCUT2D eigenvalue weighted by molar-refractivity contribution is -0.139. The molecule has 0 saturated heterocycles. The van der Waals surface area contributed by atoms with E-state index in [1.165, 1.54) is 19.1 Å². The number of rotatable bonds is 10. The van der Waals surface area contributed by atoms with Crippen LogP contribution >= 0.6 is 22.6 Å². The van der Waals surface area contributed by atoms with Gasteiger partial charge in [0.05, 0.1) is 37.6 Å². The third-order valence-corrected chi connectivity index (χ3v) is 7.32. The Bertz CT molecular complexity index is 1200. The van der Waals surface area contributed by atoms with E-state index in [0.29, 0.717) is 18.8 Å². The number of pyridine rings is 1. The van der Waals surface area contributed by atoms with Gasteiger partial charge >= 0.3 is 12.1 Å². The highest BCUT2D eigenvalue weighted by Crippen LogP contribution is 2.40. The number of hydrogen-bond acceptors (Lipinski definition) is 7. The summed E-state index contributed by atoms with van der Waals surface area (Å²) in [6.07, 6.45) is -0.820. The molecule has 1 heterocycles. The molecule has 2 aromatic rings. The van der Waals surface area contributed by atoms with E-state index in [1.54, 1.807) is 22.6 Å². The fourth-order valence-corrected chi connectivity index (χ4v) is 5.14. The van der Waals surface area contributed by atoms with E-state index in [-0.39, 0.29) is 39.9 Å². The molecule has 0 aliphatic heterocycles. The molecule has 1 aromatic heterocycles. The van der Waals surface area contributed by atoms with Crippen molar-refractivity contribution in [3.63, 3.8) is 0 Å². The number of anilines is 1. The largest absolute Gasteiger partial charge is 0.465 e. The molecule has 40 heavy (non-hydrogen) atoms. The topological polar surface area (TPSA) is 87.2 Å². The Kier molecular flexibility index (Phi) is 11.1. The first-order valence-electron chi connectivity index (χ1n) is 12.5. The Labute approximate surface area is 243 Å². The zero-order valence-electron chi connectivity index (χ0n) is 22.5. The Hall–Kier alpha value is -2.52. The molecular formula is C27H31F4IN2O6. The maximum Gasteiger partial charge on any atom is 0.421 e. The highest BCUT2D eigenvalue weighted by molar-refractivity contribution is 14.1. The van der Waals surface area contributed by atoms with Crippen molar-refractivity contribution in [1.82, 2.24) is 4.98 Å². The average Bonchev–Trinajstić information content (AvgIpc) is 2.90. The number of benzene rings is 1. The molecule has 1 aliphatic carbocycles. The first-order chi connectivity index (χ1) is 18.9. The third-order valence-electron chi connectivity index (χ3n) is 6.73. The number of esters is 1. The molecule has 0 N–H and O–H groups in total. The minimum absolute atomic E-state index is 0.00466. The first-order valence-corrected chi connectivity index (χ1v) is 13.6. The van der Waals surface area contributed by atoms with E-state index >= 15 is 4.39 Å². The van der Waals surface area contributed by atoms with Gasteiger partial charge in [-0.05, 0) is 60.3 Å². The standard InChI is InChI=1S/C27H31F4IN2O6/c1-15-5-7-16(8-6-15)25(35)34(18(13-37-2)14-38-3)22-11-21(28)23(10-19(22)26(36)39-4)40-24-20(27(29,30)31)9-17(32)12-33-24/h9-12,15-16,18H,5-8,13-14H2,1-4H3. The molecule has 1 saturated carbocycles. The number of carbonyl (C=O) groups is 2. The fraction of sp³-hybridized carbons (Fsp3) is 0.519. The molecule has 0 spiro atoms. The highest BCUT2D eigenvalue weighted by atomic mass is 127. The molecular weight excluding hydrogens is 651 g/mol. The molecule has 220 valence electrons. The van der Waals surface area contributed by atoms with Crippen LogP contribution in [0.3, 0.4) is 0 Å². The lowest BCUT2D eigenvalue weighted by Gasteiger charge is -2.36. The van der Waals surface area contributed by atoms with Crippen molar-refractivity contribution in [2.75, 3.05) is 39.4 Å². The number of ether oxygens (including phenoxy) is 4. The number of hydrogen-bond donors (Lipinski definition) is 0. The third kappa shape index (κ3) is 7.60. The number of halogens is 5. The minimum atomic E-state index is -4.83. The summed E-state index contributed by atoms with van der Waals surface area (Å²) in [5.74, 6) is -3.92. The highest BCUT2D eigenvalue weighted by Gasteiger charge is 2.38. The average molecular weight is 682 g/mol. The maximum absolute atomic E-state index is 15.6. The summed E-state index contributed by atoms with van der Waals surface area (Å²) in [5.41, 5.74) is -1.63. The molecule has 0 unspecified atom stereocenters. The van der Waals surface area contributed by atoms with Crippen molar-refractivity contribution in [2.45, 2.75) is 44.8 Å². The van der Waals surface area contributed by atoms with Crippen molar-refractivity contribution in [1.29, 1.82) is 0 Å². The van der Waals surface area contributed by atoms with Crippen molar-refractivity contribution in [2.24, 2.45) is 11.8 Å². The predicted octanol–water partition coefficient (Wildman–Crippen LogP) is 6.24. The molecule has 13 heteroatoms. The molecule has 0 bridgehead atoms. The zero-order chi connectivity index (χ0) is 29.6. The molecule has 1 aliphatic rings. The van der Waals surface area contributed by atoms with E-state index in [9.17, 15) is 22.8 Å². The van der Waals surface area contributed by atoms with E-state index in [1.807, 2.05) is 0 Å². The quantitative estimate of drug-likeness (QED) is 0.167. The Morgan fingerprint density at radius 2 is 1.70 bits per heavy atom. The smallest absolute Gasteiger partial charge is 0.421 e. The van der Waals surface area contributed by atoms with Gasteiger partial charge in [0.1, 0.15) is 5.56 Å². The van der Waals surface area contributed by atoms with Crippen LogP contribution in [0.1, 0.15) is 48.5 Å². The van der Waals surface area contributed by atoms with Crippen LogP contribution < -0.4 is 9.64 Å². The fourth-order valence-electron chi connectivity index (χ4n) is 4.69. The molecule has 1 fully saturated rings. The zero-order valence-corrected chi connectivity index (χ0v) is 24.7. The Balaban J connectivity index is 2.15. The summed E-state index contributed by atoms with van der Waals surface area (Å²) in [4.78, 5) is 31.8. The predicted molar refractivity (Wildman–Crippen MR) is 146 cm³/mol. The number of alkyl halides is 3. The van der Waals surface area contributed by atoms with Crippen molar-refractivity contribution >= 4 is 40.2 Å². The second kappa shape index (κ2) is 13.9. The second-order valence-corrected chi connectivity index (χ2v) is 10.9. The molecule has 0 atom stereocenters. The van der Waals surface area contributed by atoms with Crippen molar-refractivity contribution < 1.29 is 46.1 Å². The molecule has 0 radical (unpaired) electrons. The summed E-state index contributed by atoms with van der Waals surface area (Å²) >= 11 is 1.66. The van der Waals surface area contributed by atoms with Gasteiger partial charge in [-0.1, -0.05) is 6.92 Å². The molecule has 3 rings (SSSR count). The van der Waals surface area contributed by atoms with Crippen LogP contribution in [0.2, 0.25) is 0 Å². The van der Waals surface area contributed by atoms with E-state index in [4.69, 9.17) is 18.9 Å². The number of carbonyl (C=O) groups excluding carboxylic acids is 2. The van der Waals surface area contributed by atoms with Crippen LogP contribution in [0.15, 0.2) is 24.4 Å². The van der Waals surface area contributed by atoms with Gasteiger partial charge in [0.15, 0.2) is 11.6 Å².